The van der Waals surface area contributed by atoms with Gasteiger partial charge in [-0.15, -0.1) is 11.3 Å². The van der Waals surface area contributed by atoms with Crippen molar-refractivity contribution >= 4 is 39.8 Å². The Kier molecular flexibility index (Phi) is 3.91. The Hall–Kier alpha value is -0.140. The molecule has 2 aliphatic rings. The van der Waals surface area contributed by atoms with Crippen LogP contribution >= 0.6 is 33.9 Å². The lowest BCUT2D eigenvalue weighted by atomic mass is 10.0. The maximum absolute atomic E-state index is 12.0. The lowest BCUT2D eigenvalue weighted by Crippen LogP contribution is -2.45. The molecule has 2 heterocycles. The van der Waals surface area contributed by atoms with E-state index in [0.29, 0.717) is 6.04 Å². The first-order valence-electron chi connectivity index (χ1n) is 6.51. The van der Waals surface area contributed by atoms with Crippen LogP contribution in [0, 0.1) is 2.88 Å². The SMILES string of the molecule is O=C(NC1CCN(C2CC2)CC1)c1csc(I)c1. The summed E-state index contributed by atoms with van der Waals surface area (Å²) in [5, 5.41) is 5.11. The quantitative estimate of drug-likeness (QED) is 0.823. The van der Waals surface area contributed by atoms with Crippen molar-refractivity contribution in [2.45, 2.75) is 37.8 Å². The molecule has 1 N–H and O–H groups in total. The van der Waals surface area contributed by atoms with E-state index in [1.54, 1.807) is 11.3 Å². The maximum atomic E-state index is 12.0. The molecule has 98 valence electrons. The second kappa shape index (κ2) is 5.46. The van der Waals surface area contributed by atoms with Gasteiger partial charge in [-0.25, -0.2) is 0 Å². The molecule has 0 spiro atoms. The van der Waals surface area contributed by atoms with Gasteiger partial charge in [0.1, 0.15) is 0 Å². The number of carbonyl (C=O) groups excluding carboxylic acids is 1. The van der Waals surface area contributed by atoms with Crippen LogP contribution in [0.4, 0.5) is 0 Å². The van der Waals surface area contributed by atoms with Gasteiger partial charge in [0.25, 0.3) is 5.91 Å². The van der Waals surface area contributed by atoms with Gasteiger partial charge in [0.05, 0.1) is 8.45 Å². The van der Waals surface area contributed by atoms with Crippen LogP contribution in [0.25, 0.3) is 0 Å². The smallest absolute Gasteiger partial charge is 0.252 e. The van der Waals surface area contributed by atoms with E-state index in [0.717, 1.165) is 37.5 Å². The Bertz CT molecular complexity index is 436. The number of thiophene rings is 1. The van der Waals surface area contributed by atoms with Crippen LogP contribution in [-0.4, -0.2) is 36.0 Å². The van der Waals surface area contributed by atoms with Crippen molar-refractivity contribution in [2.75, 3.05) is 13.1 Å². The van der Waals surface area contributed by atoms with E-state index in [4.69, 9.17) is 0 Å². The first-order valence-corrected chi connectivity index (χ1v) is 8.47. The molecule has 1 amide bonds. The minimum atomic E-state index is 0.0963. The summed E-state index contributed by atoms with van der Waals surface area (Å²) in [4.78, 5) is 14.6. The molecule has 1 aromatic rings. The average molecular weight is 376 g/mol. The van der Waals surface area contributed by atoms with Crippen molar-refractivity contribution in [3.63, 3.8) is 0 Å². The molecule has 0 bridgehead atoms. The number of hydrogen-bond donors (Lipinski definition) is 1. The number of hydrogen-bond acceptors (Lipinski definition) is 3. The van der Waals surface area contributed by atoms with Crippen LogP contribution in [0.2, 0.25) is 0 Å². The summed E-state index contributed by atoms with van der Waals surface area (Å²) in [6, 6.07) is 3.19. The van der Waals surface area contributed by atoms with Crippen molar-refractivity contribution in [3.8, 4) is 0 Å². The van der Waals surface area contributed by atoms with Gasteiger partial charge in [-0.1, -0.05) is 0 Å². The van der Waals surface area contributed by atoms with E-state index in [1.165, 1.54) is 15.7 Å². The normalized spacial score (nSPS) is 22.1. The first-order chi connectivity index (χ1) is 8.72. The van der Waals surface area contributed by atoms with Crippen molar-refractivity contribution in [3.05, 3.63) is 19.9 Å². The van der Waals surface area contributed by atoms with E-state index in [9.17, 15) is 4.79 Å². The Balaban J connectivity index is 1.50. The van der Waals surface area contributed by atoms with Gasteiger partial charge in [0, 0.05) is 30.6 Å². The van der Waals surface area contributed by atoms with E-state index in [-0.39, 0.29) is 5.91 Å². The van der Waals surface area contributed by atoms with Crippen LogP contribution in [0.3, 0.4) is 0 Å². The molecule has 1 saturated heterocycles. The molecule has 1 aliphatic heterocycles. The van der Waals surface area contributed by atoms with Crippen LogP contribution in [-0.2, 0) is 0 Å². The molecule has 3 nitrogen and oxygen atoms in total. The molecule has 0 unspecified atom stereocenters. The van der Waals surface area contributed by atoms with Gasteiger partial charge in [-0.05, 0) is 54.3 Å². The van der Waals surface area contributed by atoms with E-state index in [2.05, 4.69) is 32.8 Å². The highest BCUT2D eigenvalue weighted by atomic mass is 127. The number of halogens is 1. The molecule has 3 rings (SSSR count). The predicted octanol–water partition coefficient (Wildman–Crippen LogP) is 2.71. The molecule has 1 aliphatic carbocycles. The molecule has 0 radical (unpaired) electrons. The minimum absolute atomic E-state index is 0.0963. The Morgan fingerprint density at radius 1 is 1.33 bits per heavy atom. The largest absolute Gasteiger partial charge is 0.349 e. The molecule has 0 aromatic carbocycles. The van der Waals surface area contributed by atoms with Crippen LogP contribution in [0.1, 0.15) is 36.0 Å². The summed E-state index contributed by atoms with van der Waals surface area (Å²) in [6.45, 7) is 2.30. The molecule has 0 atom stereocenters. The van der Waals surface area contributed by atoms with Crippen LogP contribution < -0.4 is 5.32 Å². The fraction of sp³-hybridized carbons (Fsp3) is 0.615. The van der Waals surface area contributed by atoms with Gasteiger partial charge >= 0.3 is 0 Å². The monoisotopic (exact) mass is 376 g/mol. The number of piperidine rings is 1. The summed E-state index contributed by atoms with van der Waals surface area (Å²) in [5.41, 5.74) is 0.814. The highest BCUT2D eigenvalue weighted by molar-refractivity contribution is 14.1. The second-order valence-electron chi connectivity index (χ2n) is 5.15. The summed E-state index contributed by atoms with van der Waals surface area (Å²) in [7, 11) is 0. The molecule has 5 heteroatoms. The van der Waals surface area contributed by atoms with Gasteiger partial charge in [-0.3, -0.25) is 4.79 Å². The van der Waals surface area contributed by atoms with Gasteiger partial charge in [0.2, 0.25) is 0 Å². The van der Waals surface area contributed by atoms with Gasteiger partial charge < -0.3 is 10.2 Å². The summed E-state index contributed by atoms with van der Waals surface area (Å²) in [6.07, 6.45) is 4.96. The van der Waals surface area contributed by atoms with Gasteiger partial charge in [-0.2, -0.15) is 0 Å². The molecule has 1 saturated carbocycles. The number of rotatable bonds is 3. The highest BCUT2D eigenvalue weighted by Crippen LogP contribution is 2.29. The average Bonchev–Trinajstić information content (AvgIpc) is 3.12. The Morgan fingerprint density at radius 3 is 2.61 bits per heavy atom. The lowest BCUT2D eigenvalue weighted by Gasteiger charge is -2.32. The number of amides is 1. The van der Waals surface area contributed by atoms with Crippen molar-refractivity contribution in [2.24, 2.45) is 0 Å². The third-order valence-corrected chi connectivity index (χ3v) is 5.55. The van der Waals surface area contributed by atoms with Crippen molar-refractivity contribution in [1.82, 2.24) is 10.2 Å². The fourth-order valence-electron chi connectivity index (χ4n) is 2.55. The van der Waals surface area contributed by atoms with E-state index in [1.807, 2.05) is 11.4 Å². The fourth-order valence-corrected chi connectivity index (χ4v) is 3.87. The maximum Gasteiger partial charge on any atom is 0.252 e. The van der Waals surface area contributed by atoms with Crippen LogP contribution in [0.15, 0.2) is 11.4 Å². The highest BCUT2D eigenvalue weighted by Gasteiger charge is 2.32. The van der Waals surface area contributed by atoms with Gasteiger partial charge in [0.15, 0.2) is 0 Å². The van der Waals surface area contributed by atoms with Crippen LogP contribution in [0.5, 0.6) is 0 Å². The Morgan fingerprint density at radius 2 is 2.06 bits per heavy atom. The summed E-state index contributed by atoms with van der Waals surface area (Å²) in [5.74, 6) is 0.0963. The molecule has 1 aromatic heterocycles. The zero-order chi connectivity index (χ0) is 12.5. The standard InChI is InChI=1S/C13H17IN2OS/c14-12-7-9(8-18-12)13(17)15-10-3-5-16(6-4-10)11-1-2-11/h7-8,10-11H,1-6H2,(H,15,17). The Labute approximate surface area is 125 Å². The summed E-state index contributed by atoms with van der Waals surface area (Å²) < 4.78 is 1.17. The molecular weight excluding hydrogens is 359 g/mol. The van der Waals surface area contributed by atoms with E-state index >= 15 is 0 Å². The second-order valence-corrected chi connectivity index (χ2v) is 7.96. The van der Waals surface area contributed by atoms with E-state index < -0.39 is 0 Å². The summed E-state index contributed by atoms with van der Waals surface area (Å²) >= 11 is 3.88. The number of nitrogens with zero attached hydrogens (tertiary/aromatic N) is 1. The third-order valence-electron chi connectivity index (χ3n) is 3.76. The predicted molar refractivity (Wildman–Crippen MR) is 82.1 cm³/mol. The number of likely N-dealkylation sites (tertiary alicyclic amines) is 1. The molecule has 18 heavy (non-hydrogen) atoms. The number of nitrogens with one attached hydrogen (secondary N) is 1. The topological polar surface area (TPSA) is 32.3 Å². The molecule has 2 fully saturated rings. The molecular formula is C13H17IN2OS. The van der Waals surface area contributed by atoms with Crippen molar-refractivity contribution < 1.29 is 4.79 Å². The zero-order valence-electron chi connectivity index (χ0n) is 10.2. The van der Waals surface area contributed by atoms with Crippen molar-refractivity contribution in [1.29, 1.82) is 0 Å². The first kappa shape index (κ1) is 12.9. The lowest BCUT2D eigenvalue weighted by molar-refractivity contribution is 0.0909. The zero-order valence-corrected chi connectivity index (χ0v) is 13.2. The number of carbonyl (C=O) groups is 1. The minimum Gasteiger partial charge on any atom is -0.349 e. The third kappa shape index (κ3) is 3.05.